The van der Waals surface area contributed by atoms with Gasteiger partial charge in [0.15, 0.2) is 0 Å². The molecular weight excluding hydrogens is 340 g/mol. The Hall–Kier alpha value is -0.300. The van der Waals surface area contributed by atoms with Gasteiger partial charge in [0.25, 0.3) is 0 Å². The molecule has 0 bridgehead atoms. The highest BCUT2D eigenvalue weighted by molar-refractivity contribution is 5.30. The molecule has 0 aromatic rings. The molecule has 0 aromatic heterocycles. The summed E-state index contributed by atoms with van der Waals surface area (Å²) < 4.78 is 0. The van der Waals surface area contributed by atoms with Crippen molar-refractivity contribution in [1.82, 2.24) is 0 Å². The molecule has 0 aliphatic heterocycles. The molecule has 0 radical (unpaired) electrons. The molecule has 0 spiro atoms. The van der Waals surface area contributed by atoms with Crippen molar-refractivity contribution < 1.29 is 5.11 Å². The van der Waals surface area contributed by atoms with E-state index in [-0.39, 0.29) is 6.10 Å². The predicted molar refractivity (Wildman–Crippen MR) is 119 cm³/mol. The lowest BCUT2D eigenvalue weighted by Crippen LogP contribution is -2.52. The normalized spacial score (nSPS) is 46.5. The number of hydrogen-bond acceptors (Lipinski definition) is 1. The molecule has 0 unspecified atom stereocenters. The van der Waals surface area contributed by atoms with Crippen LogP contribution >= 0.6 is 0 Å². The Bertz CT molecular complexity index is 591. The smallest absolute Gasteiger partial charge is 0.0543 e. The Morgan fingerprint density at radius 3 is 2.57 bits per heavy atom. The van der Waals surface area contributed by atoms with E-state index in [9.17, 15) is 5.11 Å². The first kappa shape index (κ1) is 21.0. The summed E-state index contributed by atoms with van der Waals surface area (Å²) in [4.78, 5) is 0. The van der Waals surface area contributed by atoms with Crippen molar-refractivity contribution in [3.63, 3.8) is 0 Å². The maximum atomic E-state index is 10.2. The van der Waals surface area contributed by atoms with Gasteiger partial charge in [-0.1, -0.05) is 65.5 Å². The maximum absolute atomic E-state index is 10.2. The van der Waals surface area contributed by atoms with E-state index < -0.39 is 0 Å². The van der Waals surface area contributed by atoms with Crippen LogP contribution in [0.3, 0.4) is 0 Å². The van der Waals surface area contributed by atoms with E-state index in [4.69, 9.17) is 0 Å². The fourth-order valence-electron chi connectivity index (χ4n) is 8.51. The Kier molecular flexibility index (Phi) is 5.80. The van der Waals surface area contributed by atoms with Gasteiger partial charge in [0.2, 0.25) is 0 Å². The van der Waals surface area contributed by atoms with Crippen molar-refractivity contribution in [1.29, 1.82) is 0 Å². The van der Waals surface area contributed by atoms with Crippen molar-refractivity contribution in [2.24, 2.45) is 46.3 Å². The van der Waals surface area contributed by atoms with Gasteiger partial charge in [0.1, 0.15) is 0 Å². The Balaban J connectivity index is 1.47. The summed E-state index contributed by atoms with van der Waals surface area (Å²) in [5, 5.41) is 10.2. The van der Waals surface area contributed by atoms with Gasteiger partial charge in [-0.3, -0.25) is 0 Å². The third-order valence-corrected chi connectivity index (χ3v) is 10.2. The third-order valence-electron chi connectivity index (χ3n) is 10.2. The average Bonchev–Trinajstić information content (AvgIpc) is 2.99. The molecule has 4 rings (SSSR count). The first-order chi connectivity index (χ1) is 13.3. The summed E-state index contributed by atoms with van der Waals surface area (Å²) in [6.07, 6.45) is 17.3. The van der Waals surface area contributed by atoms with Gasteiger partial charge in [0, 0.05) is 0 Å². The van der Waals surface area contributed by atoms with Crippen LogP contribution in [0.2, 0.25) is 0 Å². The van der Waals surface area contributed by atoms with Crippen molar-refractivity contribution in [2.45, 2.75) is 111 Å². The number of allylic oxidation sites excluding steroid dienone is 2. The van der Waals surface area contributed by atoms with E-state index in [1.54, 1.807) is 0 Å². The zero-order valence-electron chi connectivity index (χ0n) is 19.3. The second-order valence-electron chi connectivity index (χ2n) is 12.2. The monoisotopic (exact) mass is 386 g/mol. The van der Waals surface area contributed by atoms with Crippen LogP contribution in [0.15, 0.2) is 11.6 Å². The molecule has 4 aliphatic rings. The fraction of sp³-hybridized carbons (Fsp3) is 0.926. The van der Waals surface area contributed by atoms with Crippen molar-refractivity contribution in [3.05, 3.63) is 11.6 Å². The van der Waals surface area contributed by atoms with E-state index >= 15 is 0 Å². The van der Waals surface area contributed by atoms with Crippen LogP contribution in [0.4, 0.5) is 0 Å². The summed E-state index contributed by atoms with van der Waals surface area (Å²) >= 11 is 0. The molecule has 3 fully saturated rings. The van der Waals surface area contributed by atoms with Gasteiger partial charge in [-0.25, -0.2) is 0 Å². The van der Waals surface area contributed by atoms with Crippen molar-refractivity contribution in [2.75, 3.05) is 0 Å². The van der Waals surface area contributed by atoms with Gasteiger partial charge in [-0.15, -0.1) is 0 Å². The minimum absolute atomic E-state index is 0.0229. The van der Waals surface area contributed by atoms with Crippen LogP contribution < -0.4 is 0 Å². The van der Waals surface area contributed by atoms with E-state index in [1.807, 2.05) is 5.57 Å². The highest BCUT2D eigenvalue weighted by atomic mass is 16.3. The topological polar surface area (TPSA) is 20.2 Å². The maximum Gasteiger partial charge on any atom is 0.0543 e. The zero-order valence-corrected chi connectivity index (χ0v) is 19.3. The first-order valence-corrected chi connectivity index (χ1v) is 12.6. The molecule has 0 amide bonds. The molecular formula is C27H46O. The van der Waals surface area contributed by atoms with Crippen LogP contribution in [0.5, 0.6) is 0 Å². The minimum atomic E-state index is -0.0229. The molecule has 1 nitrogen and oxygen atoms in total. The summed E-state index contributed by atoms with van der Waals surface area (Å²) in [5.74, 6) is 5.10. The number of aliphatic hydroxyl groups is 1. The van der Waals surface area contributed by atoms with Crippen LogP contribution in [0, 0.1) is 46.3 Å². The molecule has 0 heterocycles. The molecule has 3 saturated carbocycles. The molecule has 8 atom stereocenters. The van der Waals surface area contributed by atoms with E-state index in [0.29, 0.717) is 10.8 Å². The SMILES string of the molecule is CC(C)CCC[C@@H](C)[C@H]1CC=C2[C@@H]3CC[C@H]4C[C@H](O)CC[C@]4(C)[C@H]3CC[C@@]21C. The molecule has 1 N–H and O–H groups in total. The Morgan fingerprint density at radius 2 is 1.82 bits per heavy atom. The predicted octanol–water partition coefficient (Wildman–Crippen LogP) is 7.39. The summed E-state index contributed by atoms with van der Waals surface area (Å²) in [6.45, 7) is 12.5. The number of fused-ring (bicyclic) bond motifs is 5. The van der Waals surface area contributed by atoms with E-state index in [1.165, 1.54) is 57.8 Å². The standard InChI is InChI=1S/C27H46O/c1-18(2)7-6-8-19(3)23-11-12-24-22-10-9-20-17-21(28)13-15-26(20,4)25(22)14-16-27(23,24)5/h12,18-23,25,28H,6-11,13-17H2,1-5H3/t19-,20+,21-,22+,23-,25+,26+,27-/m1/s1. The second kappa shape index (κ2) is 7.75. The van der Waals surface area contributed by atoms with Crippen LogP contribution in [-0.4, -0.2) is 11.2 Å². The molecule has 4 aliphatic carbocycles. The van der Waals surface area contributed by atoms with E-state index in [2.05, 4.69) is 40.7 Å². The minimum Gasteiger partial charge on any atom is -0.393 e. The van der Waals surface area contributed by atoms with Gasteiger partial charge < -0.3 is 5.11 Å². The van der Waals surface area contributed by atoms with Crippen molar-refractivity contribution >= 4 is 0 Å². The van der Waals surface area contributed by atoms with Crippen LogP contribution in [0.25, 0.3) is 0 Å². The fourth-order valence-corrected chi connectivity index (χ4v) is 8.51. The van der Waals surface area contributed by atoms with Gasteiger partial charge in [-0.05, 0) is 97.7 Å². The lowest BCUT2D eigenvalue weighted by molar-refractivity contribution is -0.0859. The Morgan fingerprint density at radius 1 is 1.04 bits per heavy atom. The first-order valence-electron chi connectivity index (χ1n) is 12.6. The number of hydrogen-bond donors (Lipinski definition) is 1. The Labute approximate surface area is 174 Å². The highest BCUT2D eigenvalue weighted by Gasteiger charge is 2.57. The molecule has 0 saturated heterocycles. The lowest BCUT2D eigenvalue weighted by atomic mass is 9.45. The van der Waals surface area contributed by atoms with Crippen LogP contribution in [-0.2, 0) is 0 Å². The molecule has 1 heteroatoms. The van der Waals surface area contributed by atoms with Crippen LogP contribution in [0.1, 0.15) is 105 Å². The van der Waals surface area contributed by atoms with Gasteiger partial charge in [0.05, 0.1) is 6.10 Å². The molecule has 28 heavy (non-hydrogen) atoms. The molecule has 0 aromatic carbocycles. The molecule has 160 valence electrons. The second-order valence-corrected chi connectivity index (χ2v) is 12.2. The summed E-state index contributed by atoms with van der Waals surface area (Å²) in [5.41, 5.74) is 2.86. The largest absolute Gasteiger partial charge is 0.393 e. The highest BCUT2D eigenvalue weighted by Crippen LogP contribution is 2.66. The van der Waals surface area contributed by atoms with E-state index in [0.717, 1.165) is 48.3 Å². The zero-order chi connectivity index (χ0) is 20.1. The third kappa shape index (κ3) is 3.42. The van der Waals surface area contributed by atoms with Crippen molar-refractivity contribution in [3.8, 4) is 0 Å². The lowest BCUT2D eigenvalue weighted by Gasteiger charge is -2.60. The van der Waals surface area contributed by atoms with Gasteiger partial charge >= 0.3 is 0 Å². The number of aliphatic hydroxyl groups excluding tert-OH is 1. The summed E-state index contributed by atoms with van der Waals surface area (Å²) in [7, 11) is 0. The average molecular weight is 387 g/mol. The summed E-state index contributed by atoms with van der Waals surface area (Å²) in [6, 6.07) is 0. The quantitative estimate of drug-likeness (QED) is 0.488. The van der Waals surface area contributed by atoms with Gasteiger partial charge in [-0.2, -0.15) is 0 Å². The number of rotatable bonds is 5.